The molecule has 25 heavy (non-hydrogen) atoms. The Kier molecular flexibility index (Phi) is 5.38. The average molecular weight is 361 g/mol. The molecule has 1 amide bonds. The lowest BCUT2D eigenvalue weighted by Crippen LogP contribution is -2.39. The molecule has 3 rings (SSSR count). The number of rotatable bonds is 4. The minimum atomic E-state index is -0.0153. The van der Waals surface area contributed by atoms with Crippen LogP contribution in [0.15, 0.2) is 30.6 Å². The Hall–Kier alpha value is -2.34. The smallest absolute Gasteiger partial charge is 0.257 e. The lowest BCUT2D eigenvalue weighted by Gasteiger charge is -2.30. The van der Waals surface area contributed by atoms with Crippen LogP contribution in [0.4, 0.5) is 11.6 Å². The molecule has 1 saturated heterocycles. The summed E-state index contributed by atoms with van der Waals surface area (Å²) in [6.07, 6.45) is 5.31. The van der Waals surface area contributed by atoms with Gasteiger partial charge in [-0.2, -0.15) is 0 Å². The Bertz CT molecular complexity index is 751. The molecule has 1 aromatic heterocycles. The minimum Gasteiger partial charge on any atom is -0.495 e. The summed E-state index contributed by atoms with van der Waals surface area (Å²) < 4.78 is 5.29. The van der Waals surface area contributed by atoms with Crippen LogP contribution in [0.1, 0.15) is 30.1 Å². The topological polar surface area (TPSA) is 67.3 Å². The van der Waals surface area contributed by atoms with E-state index in [9.17, 15) is 4.79 Å². The third kappa shape index (κ3) is 4.20. The highest BCUT2D eigenvalue weighted by Gasteiger charge is 2.22. The van der Waals surface area contributed by atoms with Crippen molar-refractivity contribution in [2.24, 2.45) is 5.92 Å². The van der Waals surface area contributed by atoms with Crippen LogP contribution >= 0.6 is 11.6 Å². The molecule has 0 saturated carbocycles. The molecular formula is C18H21ClN4O2. The van der Waals surface area contributed by atoms with Crippen molar-refractivity contribution in [2.75, 3.05) is 25.5 Å². The van der Waals surface area contributed by atoms with Gasteiger partial charge in [0.05, 0.1) is 18.4 Å². The van der Waals surface area contributed by atoms with Gasteiger partial charge in [0.2, 0.25) is 5.95 Å². The normalized spacial score (nSPS) is 17.2. The van der Waals surface area contributed by atoms with E-state index >= 15 is 0 Å². The van der Waals surface area contributed by atoms with Crippen LogP contribution in [0, 0.1) is 5.92 Å². The first-order valence-corrected chi connectivity index (χ1v) is 8.66. The maximum absolute atomic E-state index is 12.5. The fraction of sp³-hybridized carbons (Fsp3) is 0.389. The van der Waals surface area contributed by atoms with E-state index in [1.807, 2.05) is 4.90 Å². The number of carbonyl (C=O) groups excluding carboxylic acids is 1. The van der Waals surface area contributed by atoms with Gasteiger partial charge in [0.1, 0.15) is 5.75 Å². The molecule has 0 radical (unpaired) electrons. The van der Waals surface area contributed by atoms with Gasteiger partial charge in [0.25, 0.3) is 5.91 Å². The molecule has 1 atom stereocenters. The van der Waals surface area contributed by atoms with Gasteiger partial charge in [-0.15, -0.1) is 0 Å². The molecule has 0 spiro atoms. The van der Waals surface area contributed by atoms with E-state index in [4.69, 9.17) is 16.3 Å². The van der Waals surface area contributed by atoms with Crippen molar-refractivity contribution in [3.05, 3.63) is 41.2 Å². The average Bonchev–Trinajstić information content (AvgIpc) is 2.62. The number of halogens is 1. The third-order valence-corrected chi connectivity index (χ3v) is 4.49. The van der Waals surface area contributed by atoms with Crippen LogP contribution in [0.2, 0.25) is 5.02 Å². The number of likely N-dealkylation sites (tertiary alicyclic amines) is 1. The molecule has 1 aliphatic heterocycles. The fourth-order valence-corrected chi connectivity index (χ4v) is 3.13. The largest absolute Gasteiger partial charge is 0.495 e. The summed E-state index contributed by atoms with van der Waals surface area (Å²) in [4.78, 5) is 22.9. The Morgan fingerprint density at radius 2 is 2.12 bits per heavy atom. The zero-order valence-corrected chi connectivity index (χ0v) is 15.1. The summed E-state index contributed by atoms with van der Waals surface area (Å²) in [6, 6.07) is 5.24. The van der Waals surface area contributed by atoms with E-state index in [-0.39, 0.29) is 5.91 Å². The summed E-state index contributed by atoms with van der Waals surface area (Å²) >= 11 is 6.02. The highest BCUT2D eigenvalue weighted by Crippen LogP contribution is 2.29. The Balaban J connectivity index is 1.72. The number of hydrogen-bond donors (Lipinski definition) is 1. The van der Waals surface area contributed by atoms with Crippen molar-refractivity contribution >= 4 is 29.1 Å². The number of methoxy groups -OCH3 is 1. The molecule has 1 aliphatic rings. The Morgan fingerprint density at radius 3 is 2.80 bits per heavy atom. The van der Waals surface area contributed by atoms with Gasteiger partial charge in [-0.25, -0.2) is 9.97 Å². The lowest BCUT2D eigenvalue weighted by molar-refractivity contribution is 0.0682. The van der Waals surface area contributed by atoms with Crippen LogP contribution in [0.5, 0.6) is 5.75 Å². The maximum atomic E-state index is 12.5. The number of carbonyl (C=O) groups is 1. The molecule has 0 aliphatic carbocycles. The molecule has 0 bridgehead atoms. The van der Waals surface area contributed by atoms with E-state index in [0.29, 0.717) is 33.9 Å². The van der Waals surface area contributed by atoms with E-state index in [1.165, 1.54) is 6.42 Å². The number of aromatic nitrogens is 2. The SMILES string of the molecule is COc1ccc(Cl)cc1Nc1ncc(C(=O)N2CCCC(C)C2)cn1. The van der Waals surface area contributed by atoms with Crippen LogP contribution in [-0.2, 0) is 0 Å². The molecule has 1 aromatic carbocycles. The summed E-state index contributed by atoms with van der Waals surface area (Å²) in [5.41, 5.74) is 1.16. The first kappa shape index (κ1) is 17.5. The minimum absolute atomic E-state index is 0.0153. The predicted octanol–water partition coefficient (Wildman–Crippen LogP) is 3.75. The zero-order chi connectivity index (χ0) is 17.8. The van der Waals surface area contributed by atoms with Crippen molar-refractivity contribution in [1.82, 2.24) is 14.9 Å². The summed E-state index contributed by atoms with van der Waals surface area (Å²) in [5, 5.41) is 3.64. The first-order valence-electron chi connectivity index (χ1n) is 8.28. The summed E-state index contributed by atoms with van der Waals surface area (Å²) in [6.45, 7) is 3.75. The van der Waals surface area contributed by atoms with Crippen molar-refractivity contribution in [1.29, 1.82) is 0 Å². The van der Waals surface area contributed by atoms with Crippen LogP contribution < -0.4 is 10.1 Å². The highest BCUT2D eigenvalue weighted by molar-refractivity contribution is 6.31. The molecule has 6 nitrogen and oxygen atoms in total. The van der Waals surface area contributed by atoms with Gasteiger partial charge >= 0.3 is 0 Å². The number of amides is 1. The number of benzene rings is 1. The molecule has 1 unspecified atom stereocenters. The zero-order valence-electron chi connectivity index (χ0n) is 14.3. The van der Waals surface area contributed by atoms with Crippen LogP contribution in [0.25, 0.3) is 0 Å². The van der Waals surface area contributed by atoms with Crippen LogP contribution in [0.3, 0.4) is 0 Å². The maximum Gasteiger partial charge on any atom is 0.257 e. The molecule has 2 heterocycles. The lowest BCUT2D eigenvalue weighted by atomic mass is 10.00. The third-order valence-electron chi connectivity index (χ3n) is 4.25. The Morgan fingerprint density at radius 1 is 1.36 bits per heavy atom. The molecular weight excluding hydrogens is 340 g/mol. The Labute approximate surface area is 152 Å². The van der Waals surface area contributed by atoms with Gasteiger partial charge in [-0.3, -0.25) is 4.79 Å². The molecule has 1 fully saturated rings. The number of ether oxygens (including phenoxy) is 1. The molecule has 1 N–H and O–H groups in total. The molecule has 2 aromatic rings. The van der Waals surface area contributed by atoms with Crippen molar-refractivity contribution in [3.63, 3.8) is 0 Å². The second-order valence-corrected chi connectivity index (χ2v) is 6.70. The van der Waals surface area contributed by atoms with Crippen LogP contribution in [-0.4, -0.2) is 41.0 Å². The van der Waals surface area contributed by atoms with Gasteiger partial charge in [0.15, 0.2) is 0 Å². The van der Waals surface area contributed by atoms with Crippen molar-refractivity contribution in [2.45, 2.75) is 19.8 Å². The van der Waals surface area contributed by atoms with Gasteiger partial charge in [-0.1, -0.05) is 18.5 Å². The fourth-order valence-electron chi connectivity index (χ4n) is 2.96. The number of piperidine rings is 1. The van der Waals surface area contributed by atoms with E-state index in [0.717, 1.165) is 19.5 Å². The highest BCUT2D eigenvalue weighted by atomic mass is 35.5. The number of nitrogens with one attached hydrogen (secondary N) is 1. The second-order valence-electron chi connectivity index (χ2n) is 6.26. The number of nitrogens with zero attached hydrogens (tertiary/aromatic N) is 3. The number of hydrogen-bond acceptors (Lipinski definition) is 5. The van der Waals surface area contributed by atoms with E-state index < -0.39 is 0 Å². The van der Waals surface area contributed by atoms with Crippen molar-refractivity contribution < 1.29 is 9.53 Å². The standard InChI is InChI=1S/C18H21ClN4O2/c1-12-4-3-7-23(11-12)17(24)13-9-20-18(21-10-13)22-15-8-14(19)5-6-16(15)25-2/h5-6,8-10,12H,3-4,7,11H2,1-2H3,(H,20,21,22). The van der Waals surface area contributed by atoms with Gasteiger partial charge in [-0.05, 0) is 37.0 Å². The molecule has 132 valence electrons. The molecule has 7 heteroatoms. The van der Waals surface area contributed by atoms with Crippen molar-refractivity contribution in [3.8, 4) is 5.75 Å². The first-order chi connectivity index (χ1) is 12.1. The quantitative estimate of drug-likeness (QED) is 0.899. The predicted molar refractivity (Wildman–Crippen MR) is 97.6 cm³/mol. The van der Waals surface area contributed by atoms with E-state index in [2.05, 4.69) is 22.2 Å². The van der Waals surface area contributed by atoms with Gasteiger partial charge < -0.3 is 15.0 Å². The summed E-state index contributed by atoms with van der Waals surface area (Å²) in [7, 11) is 1.58. The van der Waals surface area contributed by atoms with Gasteiger partial charge in [0, 0.05) is 30.5 Å². The summed E-state index contributed by atoms with van der Waals surface area (Å²) in [5.74, 6) is 1.54. The monoisotopic (exact) mass is 360 g/mol. The second kappa shape index (κ2) is 7.70. The van der Waals surface area contributed by atoms with E-state index in [1.54, 1.807) is 37.7 Å². The number of anilines is 2.